The summed E-state index contributed by atoms with van der Waals surface area (Å²) in [5, 5.41) is 0. The summed E-state index contributed by atoms with van der Waals surface area (Å²) >= 11 is 0. The fourth-order valence-electron chi connectivity index (χ4n) is 4.39. The molecule has 2 N–H and O–H groups in total. The standard InChI is InChI=1S/C17H23NO2/c1-10-5-12(3)13(6-11(10)2)16-7-17(8-16,9-16)14(18)15(19)20-4/h5-6,14H,7-9,18H2,1-4H3. The predicted molar refractivity (Wildman–Crippen MR) is 78.6 cm³/mol. The predicted octanol–water partition coefficient (Wildman–Crippen LogP) is 2.53. The van der Waals surface area contributed by atoms with Gasteiger partial charge in [-0.2, -0.15) is 0 Å². The van der Waals surface area contributed by atoms with Crippen molar-refractivity contribution < 1.29 is 9.53 Å². The molecular formula is C17H23NO2. The summed E-state index contributed by atoms with van der Waals surface area (Å²) in [4.78, 5) is 11.6. The number of benzene rings is 1. The second-order valence-corrected chi connectivity index (χ2v) is 6.93. The molecule has 3 saturated carbocycles. The molecule has 0 amide bonds. The first-order chi connectivity index (χ1) is 9.33. The summed E-state index contributed by atoms with van der Waals surface area (Å²) in [7, 11) is 1.41. The molecule has 4 rings (SSSR count). The second-order valence-electron chi connectivity index (χ2n) is 6.93. The summed E-state index contributed by atoms with van der Waals surface area (Å²) in [5.41, 5.74) is 11.9. The van der Waals surface area contributed by atoms with Gasteiger partial charge in [0, 0.05) is 0 Å². The zero-order valence-corrected chi connectivity index (χ0v) is 12.7. The van der Waals surface area contributed by atoms with Gasteiger partial charge in [0.15, 0.2) is 0 Å². The number of hydrogen-bond acceptors (Lipinski definition) is 3. The fraction of sp³-hybridized carbons (Fsp3) is 0.588. The third-order valence-electron chi connectivity index (χ3n) is 5.60. The van der Waals surface area contributed by atoms with E-state index in [4.69, 9.17) is 10.5 Å². The molecule has 0 aromatic heterocycles. The zero-order valence-electron chi connectivity index (χ0n) is 12.7. The SMILES string of the molecule is COC(=O)C(N)C12CC(c3cc(C)c(C)cc3C)(C1)C2. The van der Waals surface area contributed by atoms with Crippen molar-refractivity contribution in [3.63, 3.8) is 0 Å². The van der Waals surface area contributed by atoms with Crippen LogP contribution in [0.4, 0.5) is 0 Å². The van der Waals surface area contributed by atoms with Gasteiger partial charge in [0.25, 0.3) is 0 Å². The van der Waals surface area contributed by atoms with Crippen LogP contribution in [0.1, 0.15) is 41.5 Å². The van der Waals surface area contributed by atoms with E-state index in [1.165, 1.54) is 29.4 Å². The number of ether oxygens (including phenoxy) is 1. The van der Waals surface area contributed by atoms with Crippen molar-refractivity contribution in [2.24, 2.45) is 11.1 Å². The third-order valence-corrected chi connectivity index (χ3v) is 5.60. The minimum atomic E-state index is -0.457. The maximum Gasteiger partial charge on any atom is 0.323 e. The maximum atomic E-state index is 11.6. The van der Waals surface area contributed by atoms with Crippen LogP contribution in [-0.4, -0.2) is 19.1 Å². The Labute approximate surface area is 120 Å². The van der Waals surface area contributed by atoms with Gasteiger partial charge in [-0.3, -0.25) is 4.79 Å². The van der Waals surface area contributed by atoms with Gasteiger partial charge >= 0.3 is 5.97 Å². The lowest BCUT2D eigenvalue weighted by molar-refractivity contribution is -0.181. The number of carbonyl (C=O) groups excluding carboxylic acids is 1. The molecule has 108 valence electrons. The van der Waals surface area contributed by atoms with Crippen LogP contribution in [0.3, 0.4) is 0 Å². The molecule has 3 aliphatic rings. The molecular weight excluding hydrogens is 250 g/mol. The monoisotopic (exact) mass is 273 g/mol. The quantitative estimate of drug-likeness (QED) is 0.861. The number of rotatable bonds is 3. The van der Waals surface area contributed by atoms with E-state index in [1.807, 2.05) is 0 Å². The highest BCUT2D eigenvalue weighted by molar-refractivity contribution is 5.78. The highest BCUT2D eigenvalue weighted by atomic mass is 16.5. The zero-order chi connectivity index (χ0) is 14.7. The molecule has 3 fully saturated rings. The molecule has 3 heteroatoms. The van der Waals surface area contributed by atoms with E-state index in [0.717, 1.165) is 19.3 Å². The average molecular weight is 273 g/mol. The Kier molecular flexibility index (Phi) is 2.78. The van der Waals surface area contributed by atoms with E-state index in [2.05, 4.69) is 32.9 Å². The summed E-state index contributed by atoms with van der Waals surface area (Å²) < 4.78 is 4.79. The van der Waals surface area contributed by atoms with Crippen LogP contribution in [-0.2, 0) is 14.9 Å². The van der Waals surface area contributed by atoms with E-state index in [1.54, 1.807) is 0 Å². The van der Waals surface area contributed by atoms with Gasteiger partial charge in [-0.05, 0) is 73.1 Å². The first-order valence-electron chi connectivity index (χ1n) is 7.25. The molecule has 3 aliphatic carbocycles. The number of nitrogens with two attached hydrogens (primary N) is 1. The Morgan fingerprint density at radius 3 is 2.25 bits per heavy atom. The molecule has 0 saturated heterocycles. The van der Waals surface area contributed by atoms with Crippen molar-refractivity contribution >= 4 is 5.97 Å². The maximum absolute atomic E-state index is 11.6. The molecule has 3 nitrogen and oxygen atoms in total. The molecule has 2 bridgehead atoms. The van der Waals surface area contributed by atoms with Gasteiger partial charge in [0.05, 0.1) is 7.11 Å². The van der Waals surface area contributed by atoms with Crippen LogP contribution in [0.5, 0.6) is 0 Å². The third kappa shape index (κ3) is 1.59. The van der Waals surface area contributed by atoms with Gasteiger partial charge in [-0.15, -0.1) is 0 Å². The lowest BCUT2D eigenvalue weighted by Crippen LogP contribution is -2.72. The fourth-order valence-corrected chi connectivity index (χ4v) is 4.39. The van der Waals surface area contributed by atoms with Gasteiger partial charge in [-0.25, -0.2) is 0 Å². The van der Waals surface area contributed by atoms with Crippen LogP contribution in [0, 0.1) is 26.2 Å². The highest BCUT2D eigenvalue weighted by Gasteiger charge is 2.71. The van der Waals surface area contributed by atoms with Crippen LogP contribution in [0.2, 0.25) is 0 Å². The Bertz CT molecular complexity index is 571. The largest absolute Gasteiger partial charge is 0.468 e. The van der Waals surface area contributed by atoms with Crippen molar-refractivity contribution in [1.29, 1.82) is 0 Å². The van der Waals surface area contributed by atoms with Crippen molar-refractivity contribution in [3.8, 4) is 0 Å². The lowest BCUT2D eigenvalue weighted by Gasteiger charge is -2.72. The number of methoxy groups -OCH3 is 1. The summed E-state index contributed by atoms with van der Waals surface area (Å²) in [5.74, 6) is -0.268. The number of carbonyl (C=O) groups is 1. The molecule has 1 unspecified atom stereocenters. The van der Waals surface area contributed by atoms with Crippen molar-refractivity contribution in [2.45, 2.75) is 51.5 Å². The molecule has 0 radical (unpaired) electrons. The molecule has 0 aliphatic heterocycles. The van der Waals surface area contributed by atoms with E-state index < -0.39 is 6.04 Å². The van der Waals surface area contributed by atoms with E-state index in [9.17, 15) is 4.79 Å². The molecule has 0 spiro atoms. The van der Waals surface area contributed by atoms with Gasteiger partial charge in [0.2, 0.25) is 0 Å². The Morgan fingerprint density at radius 2 is 1.70 bits per heavy atom. The first-order valence-corrected chi connectivity index (χ1v) is 7.25. The number of aryl methyl sites for hydroxylation is 3. The van der Waals surface area contributed by atoms with Gasteiger partial charge < -0.3 is 10.5 Å². The Morgan fingerprint density at radius 1 is 1.15 bits per heavy atom. The Balaban J connectivity index is 1.82. The van der Waals surface area contributed by atoms with Crippen molar-refractivity contribution in [2.75, 3.05) is 7.11 Å². The normalized spacial score (nSPS) is 32.0. The van der Waals surface area contributed by atoms with Crippen LogP contribution in [0.25, 0.3) is 0 Å². The summed E-state index contributed by atoms with van der Waals surface area (Å²) in [6, 6.07) is 4.15. The lowest BCUT2D eigenvalue weighted by atomic mass is 9.31. The van der Waals surface area contributed by atoms with E-state index in [-0.39, 0.29) is 16.8 Å². The minimum absolute atomic E-state index is 0.00166. The molecule has 1 aromatic rings. The number of esters is 1. The van der Waals surface area contributed by atoms with Crippen LogP contribution < -0.4 is 5.73 Å². The second kappa shape index (κ2) is 4.08. The molecule has 1 atom stereocenters. The van der Waals surface area contributed by atoms with E-state index >= 15 is 0 Å². The average Bonchev–Trinajstić information content (AvgIpc) is 2.31. The topological polar surface area (TPSA) is 52.3 Å². The van der Waals surface area contributed by atoms with Gasteiger partial charge in [-0.1, -0.05) is 12.1 Å². The summed E-state index contributed by atoms with van der Waals surface area (Å²) in [6.07, 6.45) is 3.08. The molecule has 20 heavy (non-hydrogen) atoms. The van der Waals surface area contributed by atoms with Gasteiger partial charge in [0.1, 0.15) is 6.04 Å². The number of hydrogen-bond donors (Lipinski definition) is 1. The Hall–Kier alpha value is -1.35. The van der Waals surface area contributed by atoms with E-state index in [0.29, 0.717) is 0 Å². The molecule has 0 heterocycles. The highest BCUT2D eigenvalue weighted by Crippen LogP contribution is 2.75. The van der Waals surface area contributed by atoms with Crippen LogP contribution in [0.15, 0.2) is 12.1 Å². The summed E-state index contributed by atoms with van der Waals surface area (Å²) in [6.45, 7) is 6.51. The van der Waals surface area contributed by atoms with Crippen molar-refractivity contribution in [1.82, 2.24) is 0 Å². The minimum Gasteiger partial charge on any atom is -0.468 e. The van der Waals surface area contributed by atoms with Crippen LogP contribution >= 0.6 is 0 Å². The smallest absolute Gasteiger partial charge is 0.323 e. The molecule has 1 aromatic carbocycles. The first kappa shape index (κ1) is 13.6. The van der Waals surface area contributed by atoms with Crippen molar-refractivity contribution in [3.05, 3.63) is 34.4 Å².